The minimum absolute atomic E-state index is 0.0912. The SMILES string of the molecule is CCOC(=O)C12C=Cc3ccccc3N1C(=O)N(c1ccc(OC)cc1)C2=O. The lowest BCUT2D eigenvalue weighted by Crippen LogP contribution is -2.57. The van der Waals surface area contributed by atoms with Gasteiger partial charge in [0.2, 0.25) is 5.54 Å². The van der Waals surface area contributed by atoms with E-state index >= 15 is 0 Å². The number of urea groups is 1. The number of hydrogen-bond acceptors (Lipinski definition) is 5. The number of imide groups is 1. The molecule has 4 rings (SSSR count). The van der Waals surface area contributed by atoms with Crippen molar-refractivity contribution in [3.05, 3.63) is 60.2 Å². The average molecular weight is 378 g/mol. The van der Waals surface area contributed by atoms with E-state index in [-0.39, 0.29) is 6.61 Å². The van der Waals surface area contributed by atoms with E-state index in [0.29, 0.717) is 17.1 Å². The molecule has 7 nitrogen and oxygen atoms in total. The largest absolute Gasteiger partial charge is 0.497 e. The summed E-state index contributed by atoms with van der Waals surface area (Å²) in [6, 6.07) is 13.0. The second kappa shape index (κ2) is 6.53. The number of carbonyl (C=O) groups excluding carboxylic acids is 3. The Morgan fingerprint density at radius 3 is 2.46 bits per heavy atom. The number of benzene rings is 2. The third-order valence-corrected chi connectivity index (χ3v) is 4.86. The summed E-state index contributed by atoms with van der Waals surface area (Å²) in [4.78, 5) is 41.9. The van der Waals surface area contributed by atoms with Crippen LogP contribution in [0.5, 0.6) is 5.75 Å². The quantitative estimate of drug-likeness (QED) is 0.464. The van der Waals surface area contributed by atoms with Gasteiger partial charge in [-0.15, -0.1) is 0 Å². The van der Waals surface area contributed by atoms with Gasteiger partial charge in [0, 0.05) is 0 Å². The van der Waals surface area contributed by atoms with Gasteiger partial charge in [-0.1, -0.05) is 24.3 Å². The molecular weight excluding hydrogens is 360 g/mol. The normalized spacial score (nSPS) is 20.1. The highest BCUT2D eigenvalue weighted by Gasteiger charge is 2.64. The maximum Gasteiger partial charge on any atom is 0.346 e. The molecule has 2 heterocycles. The lowest BCUT2D eigenvalue weighted by molar-refractivity contribution is -0.150. The number of methoxy groups -OCH3 is 1. The third kappa shape index (κ3) is 2.32. The van der Waals surface area contributed by atoms with Crippen LogP contribution >= 0.6 is 0 Å². The van der Waals surface area contributed by atoms with Crippen molar-refractivity contribution >= 4 is 35.4 Å². The topological polar surface area (TPSA) is 76.2 Å². The van der Waals surface area contributed by atoms with Crippen LogP contribution in [0.1, 0.15) is 12.5 Å². The zero-order chi connectivity index (χ0) is 19.9. The number of para-hydroxylation sites is 1. The van der Waals surface area contributed by atoms with Crippen LogP contribution in [0.2, 0.25) is 0 Å². The predicted molar refractivity (Wildman–Crippen MR) is 103 cm³/mol. The molecule has 0 spiro atoms. The fraction of sp³-hybridized carbons (Fsp3) is 0.190. The Balaban J connectivity index is 1.88. The van der Waals surface area contributed by atoms with Crippen molar-refractivity contribution in [2.24, 2.45) is 0 Å². The van der Waals surface area contributed by atoms with Gasteiger partial charge in [-0.25, -0.2) is 14.5 Å². The highest BCUT2D eigenvalue weighted by molar-refractivity contribution is 6.39. The van der Waals surface area contributed by atoms with E-state index in [2.05, 4.69) is 0 Å². The lowest BCUT2D eigenvalue weighted by atomic mass is 9.90. The van der Waals surface area contributed by atoms with Crippen molar-refractivity contribution < 1.29 is 23.9 Å². The molecule has 2 aliphatic heterocycles. The smallest absolute Gasteiger partial charge is 0.346 e. The fourth-order valence-electron chi connectivity index (χ4n) is 3.53. The molecule has 28 heavy (non-hydrogen) atoms. The van der Waals surface area contributed by atoms with Crippen molar-refractivity contribution in [2.75, 3.05) is 23.5 Å². The second-order valence-electron chi connectivity index (χ2n) is 6.34. The van der Waals surface area contributed by atoms with Crippen molar-refractivity contribution in [3.63, 3.8) is 0 Å². The van der Waals surface area contributed by atoms with Crippen molar-refractivity contribution in [1.29, 1.82) is 0 Å². The Morgan fingerprint density at radius 1 is 1.07 bits per heavy atom. The number of nitrogens with zero attached hydrogens (tertiary/aromatic N) is 2. The maximum atomic E-state index is 13.4. The van der Waals surface area contributed by atoms with Crippen LogP contribution in [0.25, 0.3) is 6.08 Å². The third-order valence-electron chi connectivity index (χ3n) is 4.86. The molecule has 0 bridgehead atoms. The van der Waals surface area contributed by atoms with E-state index in [4.69, 9.17) is 9.47 Å². The lowest BCUT2D eigenvalue weighted by Gasteiger charge is -2.33. The van der Waals surface area contributed by atoms with Crippen LogP contribution < -0.4 is 14.5 Å². The van der Waals surface area contributed by atoms with Crippen LogP contribution in [0.3, 0.4) is 0 Å². The summed E-state index contributed by atoms with van der Waals surface area (Å²) in [6.45, 7) is 1.75. The summed E-state index contributed by atoms with van der Waals surface area (Å²) in [7, 11) is 1.53. The van der Waals surface area contributed by atoms with Gasteiger partial charge in [0.15, 0.2) is 0 Å². The van der Waals surface area contributed by atoms with Gasteiger partial charge in [0.1, 0.15) is 5.75 Å². The summed E-state index contributed by atoms with van der Waals surface area (Å²) < 4.78 is 10.3. The molecule has 2 aliphatic rings. The summed E-state index contributed by atoms with van der Waals surface area (Å²) >= 11 is 0. The monoisotopic (exact) mass is 378 g/mol. The number of carbonyl (C=O) groups is 3. The zero-order valence-corrected chi connectivity index (χ0v) is 15.4. The number of rotatable bonds is 4. The van der Waals surface area contributed by atoms with E-state index in [1.807, 2.05) is 12.1 Å². The number of esters is 1. The van der Waals surface area contributed by atoms with Gasteiger partial charge in [0.05, 0.1) is 25.1 Å². The Labute approximate surface area is 161 Å². The minimum atomic E-state index is -1.86. The summed E-state index contributed by atoms with van der Waals surface area (Å²) in [5, 5.41) is 0. The predicted octanol–water partition coefficient (Wildman–Crippen LogP) is 3.00. The number of anilines is 2. The van der Waals surface area contributed by atoms with Crippen LogP contribution in [0.4, 0.5) is 16.2 Å². The molecule has 0 aliphatic carbocycles. The van der Waals surface area contributed by atoms with Gasteiger partial charge in [-0.3, -0.25) is 9.69 Å². The summed E-state index contributed by atoms with van der Waals surface area (Å²) in [5.74, 6) is -0.868. The summed E-state index contributed by atoms with van der Waals surface area (Å²) in [5.41, 5.74) is -0.297. The van der Waals surface area contributed by atoms with E-state index in [1.54, 1.807) is 49.4 Å². The first-order valence-corrected chi connectivity index (χ1v) is 8.83. The standard InChI is InChI=1S/C21H18N2O5/c1-3-28-19(25)21-13-12-14-6-4-5-7-17(14)23(21)20(26)22(18(21)24)15-8-10-16(27-2)11-9-15/h4-13H,3H2,1-2H3. The molecule has 1 unspecified atom stereocenters. The highest BCUT2D eigenvalue weighted by atomic mass is 16.5. The van der Waals surface area contributed by atoms with Gasteiger partial charge in [-0.05, 0) is 48.9 Å². The van der Waals surface area contributed by atoms with Crippen LogP contribution in [-0.2, 0) is 14.3 Å². The van der Waals surface area contributed by atoms with E-state index in [9.17, 15) is 14.4 Å². The van der Waals surface area contributed by atoms with Crippen molar-refractivity contribution in [2.45, 2.75) is 12.5 Å². The molecule has 1 saturated heterocycles. The Morgan fingerprint density at radius 2 is 1.79 bits per heavy atom. The molecule has 1 fully saturated rings. The Hall–Kier alpha value is -3.61. The molecule has 0 aromatic heterocycles. The number of amides is 3. The molecule has 0 saturated carbocycles. The number of fused-ring (bicyclic) bond motifs is 3. The van der Waals surface area contributed by atoms with Crippen LogP contribution in [0, 0.1) is 0 Å². The number of hydrogen-bond donors (Lipinski definition) is 0. The highest BCUT2D eigenvalue weighted by Crippen LogP contribution is 2.43. The van der Waals surface area contributed by atoms with Crippen LogP contribution in [0.15, 0.2) is 54.6 Å². The average Bonchev–Trinajstić information content (AvgIpc) is 2.96. The van der Waals surface area contributed by atoms with Gasteiger partial charge in [0.25, 0.3) is 5.91 Å². The Kier molecular flexibility index (Phi) is 4.15. The van der Waals surface area contributed by atoms with E-state index < -0.39 is 23.4 Å². The van der Waals surface area contributed by atoms with Gasteiger partial charge >= 0.3 is 12.0 Å². The molecule has 1 atom stereocenters. The van der Waals surface area contributed by atoms with Crippen molar-refractivity contribution in [3.8, 4) is 5.75 Å². The first-order chi connectivity index (χ1) is 13.5. The maximum absolute atomic E-state index is 13.4. The molecular formula is C21H18N2O5. The molecule has 142 valence electrons. The molecule has 2 aromatic carbocycles. The van der Waals surface area contributed by atoms with E-state index in [1.165, 1.54) is 18.1 Å². The zero-order valence-electron chi connectivity index (χ0n) is 15.4. The van der Waals surface area contributed by atoms with E-state index in [0.717, 1.165) is 10.5 Å². The minimum Gasteiger partial charge on any atom is -0.497 e. The number of ether oxygens (including phenoxy) is 2. The van der Waals surface area contributed by atoms with Crippen molar-refractivity contribution in [1.82, 2.24) is 0 Å². The summed E-state index contributed by atoms with van der Waals surface area (Å²) in [6.07, 6.45) is 3.11. The molecule has 7 heteroatoms. The molecule has 2 aromatic rings. The molecule has 0 N–H and O–H groups in total. The second-order valence-corrected chi connectivity index (χ2v) is 6.34. The van der Waals surface area contributed by atoms with Crippen LogP contribution in [-0.4, -0.2) is 37.2 Å². The fourth-order valence-corrected chi connectivity index (χ4v) is 3.53. The molecule has 0 radical (unpaired) electrons. The Bertz CT molecular complexity index is 998. The van der Waals surface area contributed by atoms with Gasteiger partial charge < -0.3 is 9.47 Å². The first-order valence-electron chi connectivity index (χ1n) is 8.83. The first kappa shape index (κ1) is 17.8. The van der Waals surface area contributed by atoms with Gasteiger partial charge in [-0.2, -0.15) is 0 Å². The molecule has 3 amide bonds.